The van der Waals surface area contributed by atoms with E-state index in [1.165, 1.54) is 42.5 Å². The van der Waals surface area contributed by atoms with Crippen LogP contribution >= 0.6 is 0 Å². The zero-order chi connectivity index (χ0) is 13.5. The Bertz CT molecular complexity index is 630. The highest BCUT2D eigenvalue weighted by Crippen LogP contribution is 2.39. The van der Waals surface area contributed by atoms with Crippen LogP contribution in [0, 0.1) is 6.92 Å². The molecule has 0 saturated heterocycles. The van der Waals surface area contributed by atoms with Crippen molar-refractivity contribution in [3.8, 4) is 0 Å². The molecular formula is C16H19N3O. The fourth-order valence-electron chi connectivity index (χ4n) is 2.91. The quantitative estimate of drug-likeness (QED) is 0.858. The number of aromatic nitrogens is 2. The molecule has 0 radical (unpaired) electrons. The van der Waals surface area contributed by atoms with Crippen LogP contribution in [0.25, 0.3) is 0 Å². The monoisotopic (exact) mass is 269 g/mol. The van der Waals surface area contributed by atoms with E-state index < -0.39 is 0 Å². The molecule has 0 N–H and O–H groups in total. The molecule has 1 saturated carbocycles. The summed E-state index contributed by atoms with van der Waals surface area (Å²) in [5.74, 6) is 2.12. The fourth-order valence-corrected chi connectivity index (χ4v) is 2.91. The first kappa shape index (κ1) is 11.9. The first-order chi connectivity index (χ1) is 9.79. The van der Waals surface area contributed by atoms with E-state index in [1.54, 1.807) is 0 Å². The molecule has 4 rings (SSSR count). The molecule has 2 heterocycles. The minimum atomic E-state index is 0.534. The number of rotatable bonds is 3. The molecule has 1 fully saturated rings. The summed E-state index contributed by atoms with van der Waals surface area (Å²) in [4.78, 5) is 2.37. The smallest absolute Gasteiger partial charge is 0.235 e. The van der Waals surface area contributed by atoms with Gasteiger partial charge < -0.3 is 9.32 Å². The maximum atomic E-state index is 5.79. The van der Waals surface area contributed by atoms with E-state index in [-0.39, 0.29) is 0 Å². The van der Waals surface area contributed by atoms with Crippen LogP contribution in [0.4, 0.5) is 5.69 Å². The SMILES string of the molecule is Cc1ccc2c(c1)N(Cc1nnc(C3CC3)o1)CCC2. The Morgan fingerprint density at radius 2 is 2.20 bits per heavy atom. The zero-order valence-corrected chi connectivity index (χ0v) is 11.8. The van der Waals surface area contributed by atoms with Gasteiger partial charge in [0.15, 0.2) is 0 Å². The molecule has 0 bridgehead atoms. The third-order valence-electron chi connectivity index (χ3n) is 4.19. The average molecular weight is 269 g/mol. The molecule has 4 heteroatoms. The first-order valence-electron chi connectivity index (χ1n) is 7.46. The average Bonchev–Trinajstić information content (AvgIpc) is 3.20. The van der Waals surface area contributed by atoms with Gasteiger partial charge in [-0.1, -0.05) is 12.1 Å². The Labute approximate surface area is 118 Å². The highest BCUT2D eigenvalue weighted by molar-refractivity contribution is 5.57. The van der Waals surface area contributed by atoms with Gasteiger partial charge in [0.2, 0.25) is 11.8 Å². The molecule has 4 nitrogen and oxygen atoms in total. The Hall–Kier alpha value is -1.84. The zero-order valence-electron chi connectivity index (χ0n) is 11.8. The normalized spacial score (nSPS) is 18.1. The lowest BCUT2D eigenvalue weighted by atomic mass is 10.00. The van der Waals surface area contributed by atoms with Crippen LogP contribution in [0.1, 0.15) is 48.1 Å². The fraction of sp³-hybridized carbons (Fsp3) is 0.500. The molecule has 2 aromatic rings. The van der Waals surface area contributed by atoms with Crippen LogP contribution < -0.4 is 4.90 Å². The standard InChI is InChI=1S/C16H19N3O/c1-11-4-5-12-3-2-8-19(14(12)9-11)10-15-17-18-16(20-15)13-6-7-13/h4-5,9,13H,2-3,6-8,10H2,1H3. The third-order valence-corrected chi connectivity index (χ3v) is 4.19. The minimum Gasteiger partial charge on any atom is -0.423 e. The van der Waals surface area contributed by atoms with Gasteiger partial charge in [-0.05, 0) is 49.8 Å². The Kier molecular flexibility index (Phi) is 2.76. The molecule has 1 aliphatic heterocycles. The number of aryl methyl sites for hydroxylation is 2. The van der Waals surface area contributed by atoms with Crippen molar-refractivity contribution in [3.05, 3.63) is 41.1 Å². The maximum Gasteiger partial charge on any atom is 0.235 e. The second-order valence-electron chi connectivity index (χ2n) is 5.97. The molecule has 1 aromatic carbocycles. The van der Waals surface area contributed by atoms with Crippen molar-refractivity contribution in [2.45, 2.75) is 45.1 Å². The Balaban J connectivity index is 1.58. The molecule has 0 spiro atoms. The van der Waals surface area contributed by atoms with Gasteiger partial charge in [-0.15, -0.1) is 10.2 Å². The highest BCUT2D eigenvalue weighted by Gasteiger charge is 2.29. The lowest BCUT2D eigenvalue weighted by Crippen LogP contribution is -2.29. The van der Waals surface area contributed by atoms with E-state index in [9.17, 15) is 0 Å². The van der Waals surface area contributed by atoms with Crippen molar-refractivity contribution >= 4 is 5.69 Å². The van der Waals surface area contributed by atoms with E-state index in [0.29, 0.717) is 5.92 Å². The Morgan fingerprint density at radius 3 is 3.05 bits per heavy atom. The number of hydrogen-bond donors (Lipinski definition) is 0. The molecule has 0 amide bonds. The molecular weight excluding hydrogens is 250 g/mol. The van der Waals surface area contributed by atoms with Crippen molar-refractivity contribution in [2.24, 2.45) is 0 Å². The summed E-state index contributed by atoms with van der Waals surface area (Å²) in [5, 5.41) is 8.38. The summed E-state index contributed by atoms with van der Waals surface area (Å²) in [6, 6.07) is 6.72. The van der Waals surface area contributed by atoms with Crippen LogP contribution in [0.5, 0.6) is 0 Å². The van der Waals surface area contributed by atoms with E-state index >= 15 is 0 Å². The summed E-state index contributed by atoms with van der Waals surface area (Å²) in [7, 11) is 0. The van der Waals surface area contributed by atoms with Crippen LogP contribution in [0.15, 0.2) is 22.6 Å². The van der Waals surface area contributed by atoms with E-state index in [0.717, 1.165) is 24.9 Å². The Morgan fingerprint density at radius 1 is 1.30 bits per heavy atom. The number of hydrogen-bond acceptors (Lipinski definition) is 4. The molecule has 20 heavy (non-hydrogen) atoms. The van der Waals surface area contributed by atoms with Gasteiger partial charge in [-0.25, -0.2) is 0 Å². The van der Waals surface area contributed by atoms with Crippen LogP contribution in [-0.4, -0.2) is 16.7 Å². The molecule has 0 unspecified atom stereocenters. The van der Waals surface area contributed by atoms with Crippen molar-refractivity contribution in [1.29, 1.82) is 0 Å². The van der Waals surface area contributed by atoms with Crippen molar-refractivity contribution in [1.82, 2.24) is 10.2 Å². The predicted molar refractivity (Wildman–Crippen MR) is 76.8 cm³/mol. The number of nitrogens with zero attached hydrogens (tertiary/aromatic N) is 3. The number of benzene rings is 1. The van der Waals surface area contributed by atoms with Crippen molar-refractivity contribution < 1.29 is 4.42 Å². The second kappa shape index (κ2) is 4.62. The highest BCUT2D eigenvalue weighted by atomic mass is 16.4. The van der Waals surface area contributed by atoms with Crippen LogP contribution in [0.3, 0.4) is 0 Å². The van der Waals surface area contributed by atoms with Crippen LogP contribution in [-0.2, 0) is 13.0 Å². The summed E-state index contributed by atoms with van der Waals surface area (Å²) >= 11 is 0. The second-order valence-corrected chi connectivity index (χ2v) is 5.97. The summed E-state index contributed by atoms with van der Waals surface area (Å²) in [6.45, 7) is 3.94. The lowest BCUT2D eigenvalue weighted by Gasteiger charge is -2.30. The number of anilines is 1. The maximum absolute atomic E-state index is 5.79. The predicted octanol–water partition coefficient (Wildman–Crippen LogP) is 3.21. The van der Waals surface area contributed by atoms with Crippen LogP contribution in [0.2, 0.25) is 0 Å². The van der Waals surface area contributed by atoms with E-state index in [4.69, 9.17) is 4.42 Å². The van der Waals surface area contributed by atoms with E-state index in [2.05, 4.69) is 40.2 Å². The van der Waals surface area contributed by atoms with Gasteiger partial charge in [0.25, 0.3) is 0 Å². The minimum absolute atomic E-state index is 0.534. The summed E-state index contributed by atoms with van der Waals surface area (Å²) in [6.07, 6.45) is 4.77. The lowest BCUT2D eigenvalue weighted by molar-refractivity contribution is 0.444. The largest absolute Gasteiger partial charge is 0.423 e. The van der Waals surface area contributed by atoms with Gasteiger partial charge in [0.05, 0.1) is 6.54 Å². The van der Waals surface area contributed by atoms with E-state index in [1.807, 2.05) is 0 Å². The van der Waals surface area contributed by atoms with Gasteiger partial charge in [-0.2, -0.15) is 0 Å². The molecule has 1 aromatic heterocycles. The van der Waals surface area contributed by atoms with Crippen molar-refractivity contribution in [2.75, 3.05) is 11.4 Å². The van der Waals surface area contributed by atoms with Crippen molar-refractivity contribution in [3.63, 3.8) is 0 Å². The topological polar surface area (TPSA) is 42.2 Å². The van der Waals surface area contributed by atoms with Gasteiger partial charge in [0.1, 0.15) is 0 Å². The molecule has 1 aliphatic carbocycles. The van der Waals surface area contributed by atoms with Gasteiger partial charge in [-0.3, -0.25) is 0 Å². The molecule has 0 atom stereocenters. The summed E-state index contributed by atoms with van der Waals surface area (Å²) in [5.41, 5.74) is 4.08. The molecule has 104 valence electrons. The van der Waals surface area contributed by atoms with Gasteiger partial charge in [0, 0.05) is 18.2 Å². The summed E-state index contributed by atoms with van der Waals surface area (Å²) < 4.78 is 5.79. The van der Waals surface area contributed by atoms with Gasteiger partial charge >= 0.3 is 0 Å². The first-order valence-corrected chi connectivity index (χ1v) is 7.46. The third kappa shape index (κ3) is 2.19. The molecule has 2 aliphatic rings. The number of fused-ring (bicyclic) bond motifs is 1.